The zero-order valence-corrected chi connectivity index (χ0v) is 19.2. The van der Waals surface area contributed by atoms with Gasteiger partial charge < -0.3 is 18.9 Å². The molecule has 0 bridgehead atoms. The van der Waals surface area contributed by atoms with Gasteiger partial charge in [-0.25, -0.2) is 13.1 Å². The molecule has 162 valence electrons. The molecular weight excluding hydrogens is 441 g/mol. The number of benzene rings is 1. The quantitative estimate of drug-likeness (QED) is 0.514. The third-order valence-electron chi connectivity index (χ3n) is 3.91. The van der Waals surface area contributed by atoms with Gasteiger partial charge >= 0.3 is 7.60 Å². The summed E-state index contributed by atoms with van der Waals surface area (Å²) in [6.45, 7) is 4.11. The van der Waals surface area contributed by atoms with Crippen molar-refractivity contribution in [1.29, 1.82) is 0 Å². The maximum atomic E-state index is 13.0. The normalized spacial score (nSPS) is 12.8. The Kier molecular flexibility index (Phi) is 8.03. The fourth-order valence-electron chi connectivity index (χ4n) is 2.60. The molecule has 1 aromatic heterocycles. The molecule has 0 aliphatic carbocycles. The van der Waals surface area contributed by atoms with Crippen molar-refractivity contribution in [3.8, 4) is 0 Å². The minimum Gasteiger partial charge on any atom is -0.321 e. The highest BCUT2D eigenvalue weighted by atomic mass is 35.5. The Morgan fingerprint density at radius 3 is 2.34 bits per heavy atom. The van der Waals surface area contributed by atoms with Crippen LogP contribution < -0.4 is 15.6 Å². The maximum Gasteiger partial charge on any atom is 0.366 e. The fraction of sp³-hybridized carbons (Fsp3) is 0.471. The van der Waals surface area contributed by atoms with E-state index < -0.39 is 23.2 Å². The molecule has 0 unspecified atom stereocenters. The predicted molar refractivity (Wildman–Crippen MR) is 114 cm³/mol. The van der Waals surface area contributed by atoms with Crippen LogP contribution in [0.15, 0.2) is 27.9 Å². The van der Waals surface area contributed by atoms with Crippen LogP contribution in [-0.4, -0.2) is 58.7 Å². The lowest BCUT2D eigenvalue weighted by Crippen LogP contribution is -2.31. The molecule has 0 fully saturated rings. The molecule has 0 amide bonds. The number of H-pyrrole nitrogens is 1. The van der Waals surface area contributed by atoms with Crippen LogP contribution in [-0.2, 0) is 23.6 Å². The maximum absolute atomic E-state index is 13.0. The van der Waals surface area contributed by atoms with E-state index in [4.69, 9.17) is 20.6 Å². The molecule has 0 aliphatic heterocycles. The summed E-state index contributed by atoms with van der Waals surface area (Å²) >= 11 is 6.15. The third kappa shape index (κ3) is 5.67. The Labute approximate surface area is 174 Å². The van der Waals surface area contributed by atoms with Crippen LogP contribution in [0, 0.1) is 0 Å². The number of nitrogens with one attached hydrogen (secondary N) is 2. The summed E-state index contributed by atoms with van der Waals surface area (Å²) in [7, 11) is -4.10. The molecule has 0 atom stereocenters. The predicted octanol–water partition coefficient (Wildman–Crippen LogP) is 1.91. The van der Waals surface area contributed by atoms with Gasteiger partial charge in [0.2, 0.25) is 10.0 Å². The lowest BCUT2D eigenvalue weighted by atomic mass is 10.2. The van der Waals surface area contributed by atoms with E-state index in [2.05, 4.69) is 9.71 Å². The van der Waals surface area contributed by atoms with Crippen LogP contribution in [0.2, 0.25) is 5.02 Å². The Bertz CT molecular complexity index is 1080. The number of aromatic nitrogens is 1. The number of rotatable bonds is 10. The van der Waals surface area contributed by atoms with Gasteiger partial charge in [-0.2, -0.15) is 0 Å². The first kappa shape index (κ1) is 24.0. The van der Waals surface area contributed by atoms with Crippen molar-refractivity contribution in [2.24, 2.45) is 0 Å². The molecule has 0 spiro atoms. The van der Waals surface area contributed by atoms with E-state index in [-0.39, 0.29) is 35.0 Å². The van der Waals surface area contributed by atoms with E-state index in [0.29, 0.717) is 17.4 Å². The average molecular weight is 466 g/mol. The SMILES string of the molecule is CCOP(=O)(OCC)c1cc2cc(S(=O)(=O)NCCN(C)C)c(Cl)cc2[nH]c1=O. The molecule has 0 saturated carbocycles. The third-order valence-corrected chi connectivity index (χ3v) is 7.96. The van der Waals surface area contributed by atoms with Gasteiger partial charge in [0.25, 0.3) is 5.56 Å². The highest BCUT2D eigenvalue weighted by Gasteiger charge is 2.31. The van der Waals surface area contributed by atoms with Gasteiger partial charge in [-0.15, -0.1) is 0 Å². The summed E-state index contributed by atoms with van der Waals surface area (Å²) < 4.78 is 51.2. The number of hydrogen-bond donors (Lipinski definition) is 2. The first-order chi connectivity index (χ1) is 13.5. The van der Waals surface area contributed by atoms with Crippen LogP contribution in [0.4, 0.5) is 0 Å². The van der Waals surface area contributed by atoms with Crippen LogP contribution >= 0.6 is 19.2 Å². The second-order valence-electron chi connectivity index (χ2n) is 6.39. The highest BCUT2D eigenvalue weighted by Crippen LogP contribution is 2.46. The van der Waals surface area contributed by atoms with Crippen LogP contribution in [0.5, 0.6) is 0 Å². The van der Waals surface area contributed by atoms with Gasteiger partial charge in [0.05, 0.1) is 18.2 Å². The molecule has 29 heavy (non-hydrogen) atoms. The van der Waals surface area contributed by atoms with Crippen molar-refractivity contribution in [2.45, 2.75) is 18.7 Å². The second-order valence-corrected chi connectivity index (χ2v) is 10.5. The molecule has 0 aliphatic rings. The highest BCUT2D eigenvalue weighted by molar-refractivity contribution is 7.89. The van der Waals surface area contributed by atoms with Gasteiger partial charge in [-0.05, 0) is 46.1 Å². The minimum atomic E-state index is -3.89. The first-order valence-electron chi connectivity index (χ1n) is 8.94. The zero-order valence-electron chi connectivity index (χ0n) is 16.7. The summed E-state index contributed by atoms with van der Waals surface area (Å²) in [5.74, 6) is 0. The van der Waals surface area contributed by atoms with Crippen LogP contribution in [0.25, 0.3) is 10.9 Å². The largest absolute Gasteiger partial charge is 0.366 e. The fourth-order valence-corrected chi connectivity index (χ4v) is 5.82. The van der Waals surface area contributed by atoms with Crippen molar-refractivity contribution in [3.63, 3.8) is 0 Å². The number of likely N-dealkylation sites (N-methyl/N-ethyl adjacent to an activating group) is 1. The molecule has 12 heteroatoms. The number of pyridine rings is 1. The minimum absolute atomic E-state index is 0.0453. The standard InChI is InChI=1S/C17H25ClN3O6PS/c1-5-26-28(23,27-6-2)15-9-12-10-16(13(18)11-14(12)20-17(15)22)29(24,25)19-7-8-21(3)4/h9-11,19H,5-8H2,1-4H3,(H,20,22). The van der Waals surface area contributed by atoms with Crippen molar-refractivity contribution in [1.82, 2.24) is 14.6 Å². The van der Waals surface area contributed by atoms with Crippen molar-refractivity contribution in [3.05, 3.63) is 33.6 Å². The average Bonchev–Trinajstić information content (AvgIpc) is 2.60. The molecule has 2 N–H and O–H groups in total. The topological polar surface area (TPSA) is 118 Å². The van der Waals surface area contributed by atoms with Crippen molar-refractivity contribution in [2.75, 3.05) is 40.4 Å². The summed E-state index contributed by atoms with van der Waals surface area (Å²) in [6.07, 6.45) is 0. The summed E-state index contributed by atoms with van der Waals surface area (Å²) in [5, 5.41) is 0.0904. The van der Waals surface area contributed by atoms with Crippen molar-refractivity contribution >= 4 is 45.4 Å². The number of sulfonamides is 1. The molecule has 0 saturated heterocycles. The van der Waals surface area contributed by atoms with Gasteiger partial charge in [0, 0.05) is 24.0 Å². The van der Waals surface area contributed by atoms with E-state index in [0.717, 1.165) is 0 Å². The lowest BCUT2D eigenvalue weighted by molar-refractivity contribution is 0.229. The van der Waals surface area contributed by atoms with E-state index in [9.17, 15) is 17.8 Å². The number of fused-ring (bicyclic) bond motifs is 1. The zero-order chi connectivity index (χ0) is 21.8. The summed E-state index contributed by atoms with van der Waals surface area (Å²) in [5.41, 5.74) is -0.353. The molecule has 2 aromatic rings. The van der Waals surface area contributed by atoms with E-state index in [1.807, 2.05) is 19.0 Å². The second kappa shape index (κ2) is 9.70. The molecule has 1 heterocycles. The van der Waals surface area contributed by atoms with E-state index >= 15 is 0 Å². The Morgan fingerprint density at radius 1 is 1.17 bits per heavy atom. The Hall–Kier alpha value is -1.26. The number of halogens is 1. The monoisotopic (exact) mass is 465 g/mol. The molecule has 0 radical (unpaired) electrons. The van der Waals surface area contributed by atoms with Crippen LogP contribution in [0.1, 0.15) is 13.8 Å². The smallest absolute Gasteiger partial charge is 0.321 e. The molecule has 9 nitrogen and oxygen atoms in total. The number of aromatic amines is 1. The molecular formula is C17H25ClN3O6PS. The van der Waals surface area contributed by atoms with E-state index in [1.54, 1.807) is 13.8 Å². The Morgan fingerprint density at radius 2 is 1.79 bits per heavy atom. The van der Waals surface area contributed by atoms with Gasteiger partial charge in [-0.3, -0.25) is 9.36 Å². The summed E-state index contributed by atoms with van der Waals surface area (Å²) in [6, 6.07) is 3.97. The number of nitrogens with zero attached hydrogens (tertiary/aromatic N) is 1. The van der Waals surface area contributed by atoms with Crippen molar-refractivity contribution < 1.29 is 22.0 Å². The van der Waals surface area contributed by atoms with Gasteiger partial charge in [0.15, 0.2) is 0 Å². The summed E-state index contributed by atoms with van der Waals surface area (Å²) in [4.78, 5) is 16.7. The van der Waals surface area contributed by atoms with Crippen LogP contribution in [0.3, 0.4) is 0 Å². The first-order valence-corrected chi connectivity index (χ1v) is 12.3. The van der Waals surface area contributed by atoms with Gasteiger partial charge in [-0.1, -0.05) is 11.6 Å². The van der Waals surface area contributed by atoms with E-state index in [1.165, 1.54) is 18.2 Å². The molecule has 1 aromatic carbocycles. The lowest BCUT2D eigenvalue weighted by Gasteiger charge is -2.17. The molecule has 2 rings (SSSR count). The number of hydrogen-bond acceptors (Lipinski definition) is 7. The van der Waals surface area contributed by atoms with Gasteiger partial charge in [0.1, 0.15) is 10.2 Å². The Balaban J connectivity index is 2.57.